The van der Waals surface area contributed by atoms with Crippen molar-refractivity contribution >= 4 is 16.0 Å². The van der Waals surface area contributed by atoms with Gasteiger partial charge in [0.15, 0.2) is 0 Å². The highest BCUT2D eigenvalue weighted by Gasteiger charge is 2.40. The van der Waals surface area contributed by atoms with E-state index in [1.54, 1.807) is 0 Å². The fraction of sp³-hybridized carbons (Fsp3) is 0.909. The normalized spacial score (nSPS) is 27.5. The molecule has 0 aromatic carbocycles. The first-order valence-corrected chi connectivity index (χ1v) is 7.63. The molecule has 0 N–H and O–H groups in total. The van der Waals surface area contributed by atoms with Gasteiger partial charge in [0.05, 0.1) is 18.3 Å². The number of methoxy groups -OCH3 is 1. The number of rotatable bonds is 3. The third-order valence-corrected chi connectivity index (χ3v) is 6.13. The highest BCUT2D eigenvalue weighted by Crippen LogP contribution is 2.30. The first-order chi connectivity index (χ1) is 8.05. The molecule has 1 heterocycles. The average molecular weight is 261 g/mol. The third kappa shape index (κ3) is 2.47. The van der Waals surface area contributed by atoms with E-state index in [-0.39, 0.29) is 17.1 Å². The van der Waals surface area contributed by atoms with Crippen LogP contribution in [0.5, 0.6) is 0 Å². The number of carbonyl (C=O) groups excluding carboxylic acids is 1. The molecular weight excluding hydrogens is 242 g/mol. The molecule has 2 fully saturated rings. The van der Waals surface area contributed by atoms with Crippen LogP contribution in [0.1, 0.15) is 32.1 Å². The van der Waals surface area contributed by atoms with Gasteiger partial charge >= 0.3 is 5.97 Å². The van der Waals surface area contributed by atoms with E-state index in [0.717, 1.165) is 25.7 Å². The first kappa shape index (κ1) is 12.8. The van der Waals surface area contributed by atoms with E-state index < -0.39 is 10.0 Å². The van der Waals surface area contributed by atoms with Gasteiger partial charge in [-0.15, -0.1) is 0 Å². The van der Waals surface area contributed by atoms with E-state index in [1.165, 1.54) is 11.4 Å². The van der Waals surface area contributed by atoms with E-state index in [9.17, 15) is 13.2 Å². The Kier molecular flexibility index (Phi) is 3.73. The second-order valence-corrected chi connectivity index (χ2v) is 7.03. The standard InChI is InChI=1S/C11H19NO4S/c1-16-11(13)9-6-7-12(8-9)17(14,15)10-4-2-3-5-10/h9-10H,2-8H2,1H3. The summed E-state index contributed by atoms with van der Waals surface area (Å²) in [7, 11) is -1.84. The van der Waals surface area contributed by atoms with Gasteiger partial charge in [-0.1, -0.05) is 12.8 Å². The molecule has 0 radical (unpaired) electrons. The van der Waals surface area contributed by atoms with Crippen molar-refractivity contribution in [3.05, 3.63) is 0 Å². The van der Waals surface area contributed by atoms with E-state index in [0.29, 0.717) is 19.5 Å². The molecule has 1 atom stereocenters. The first-order valence-electron chi connectivity index (χ1n) is 6.12. The molecule has 1 saturated carbocycles. The molecule has 17 heavy (non-hydrogen) atoms. The lowest BCUT2D eigenvalue weighted by atomic mass is 10.1. The number of carbonyl (C=O) groups is 1. The van der Waals surface area contributed by atoms with Crippen molar-refractivity contribution in [2.24, 2.45) is 5.92 Å². The summed E-state index contributed by atoms with van der Waals surface area (Å²) in [5, 5.41) is -0.223. The molecule has 1 aliphatic carbocycles. The monoisotopic (exact) mass is 261 g/mol. The Hall–Kier alpha value is -0.620. The number of hydrogen-bond donors (Lipinski definition) is 0. The quantitative estimate of drug-likeness (QED) is 0.703. The summed E-state index contributed by atoms with van der Waals surface area (Å²) in [6.45, 7) is 0.754. The fourth-order valence-electron chi connectivity index (χ4n) is 2.72. The molecule has 0 aromatic rings. The number of esters is 1. The summed E-state index contributed by atoms with van der Waals surface area (Å²) in [6, 6.07) is 0. The maximum Gasteiger partial charge on any atom is 0.310 e. The molecule has 5 nitrogen and oxygen atoms in total. The molecule has 0 spiro atoms. The number of hydrogen-bond acceptors (Lipinski definition) is 4. The zero-order valence-electron chi connectivity index (χ0n) is 10.1. The highest BCUT2D eigenvalue weighted by molar-refractivity contribution is 7.89. The van der Waals surface area contributed by atoms with Crippen LogP contribution in [0.4, 0.5) is 0 Å². The fourth-order valence-corrected chi connectivity index (χ4v) is 4.81. The van der Waals surface area contributed by atoms with Gasteiger partial charge in [-0.3, -0.25) is 4.79 Å². The Morgan fingerprint density at radius 3 is 2.47 bits per heavy atom. The van der Waals surface area contributed by atoms with Gasteiger partial charge in [-0.25, -0.2) is 12.7 Å². The molecule has 98 valence electrons. The number of ether oxygens (including phenoxy) is 1. The zero-order valence-corrected chi connectivity index (χ0v) is 10.9. The maximum atomic E-state index is 12.3. The second-order valence-electron chi connectivity index (χ2n) is 4.82. The Labute approximate surface area is 102 Å². The lowest BCUT2D eigenvalue weighted by Crippen LogP contribution is -2.36. The minimum atomic E-state index is -3.19. The van der Waals surface area contributed by atoms with Crippen molar-refractivity contribution < 1.29 is 17.9 Å². The van der Waals surface area contributed by atoms with Crippen molar-refractivity contribution in [2.75, 3.05) is 20.2 Å². The van der Waals surface area contributed by atoms with Gasteiger partial charge in [0, 0.05) is 13.1 Å². The summed E-state index contributed by atoms with van der Waals surface area (Å²) in [5.74, 6) is -0.578. The summed E-state index contributed by atoms with van der Waals surface area (Å²) in [5.41, 5.74) is 0. The third-order valence-electron chi connectivity index (χ3n) is 3.77. The van der Waals surface area contributed by atoms with E-state index in [4.69, 9.17) is 0 Å². The molecule has 0 bridgehead atoms. The molecule has 1 unspecified atom stereocenters. The predicted octanol–water partition coefficient (Wildman–Crippen LogP) is 0.754. The van der Waals surface area contributed by atoms with Crippen LogP contribution in [-0.2, 0) is 19.6 Å². The minimum absolute atomic E-state index is 0.223. The SMILES string of the molecule is COC(=O)C1CCN(S(=O)(=O)C2CCCC2)C1. The Morgan fingerprint density at radius 2 is 1.88 bits per heavy atom. The van der Waals surface area contributed by atoms with E-state index in [1.807, 2.05) is 0 Å². The van der Waals surface area contributed by atoms with Crippen molar-refractivity contribution in [1.82, 2.24) is 4.31 Å². The van der Waals surface area contributed by atoms with Gasteiger partial charge in [0.25, 0.3) is 0 Å². The van der Waals surface area contributed by atoms with Crippen LogP contribution in [0.25, 0.3) is 0 Å². The van der Waals surface area contributed by atoms with Crippen LogP contribution in [0.2, 0.25) is 0 Å². The molecule has 2 rings (SSSR count). The van der Waals surface area contributed by atoms with E-state index >= 15 is 0 Å². The summed E-state index contributed by atoms with van der Waals surface area (Å²) >= 11 is 0. The largest absolute Gasteiger partial charge is 0.469 e. The molecule has 1 saturated heterocycles. The van der Waals surface area contributed by atoms with Crippen LogP contribution in [0.15, 0.2) is 0 Å². The van der Waals surface area contributed by atoms with Crippen molar-refractivity contribution in [2.45, 2.75) is 37.4 Å². The van der Waals surface area contributed by atoms with Crippen LogP contribution in [0.3, 0.4) is 0 Å². The van der Waals surface area contributed by atoms with Gasteiger partial charge in [-0.05, 0) is 19.3 Å². The summed E-state index contributed by atoms with van der Waals surface area (Å²) in [4.78, 5) is 11.4. The molecular formula is C11H19NO4S. The second kappa shape index (κ2) is 4.94. The van der Waals surface area contributed by atoms with Crippen LogP contribution in [0, 0.1) is 5.92 Å². The lowest BCUT2D eigenvalue weighted by Gasteiger charge is -2.20. The predicted molar refractivity (Wildman–Crippen MR) is 62.9 cm³/mol. The van der Waals surface area contributed by atoms with Gasteiger partial charge in [-0.2, -0.15) is 0 Å². The van der Waals surface area contributed by atoms with Gasteiger partial charge in [0.2, 0.25) is 10.0 Å². The van der Waals surface area contributed by atoms with Crippen molar-refractivity contribution in [3.8, 4) is 0 Å². The van der Waals surface area contributed by atoms with Crippen LogP contribution >= 0.6 is 0 Å². The summed E-state index contributed by atoms with van der Waals surface area (Å²) < 4.78 is 30.7. The highest BCUT2D eigenvalue weighted by atomic mass is 32.2. The van der Waals surface area contributed by atoms with Crippen LogP contribution in [-0.4, -0.2) is 44.1 Å². The topological polar surface area (TPSA) is 63.7 Å². The Morgan fingerprint density at radius 1 is 1.24 bits per heavy atom. The minimum Gasteiger partial charge on any atom is -0.469 e. The molecule has 0 aromatic heterocycles. The molecule has 6 heteroatoms. The Balaban J connectivity index is 2.02. The average Bonchev–Trinajstić information content (AvgIpc) is 2.98. The number of nitrogens with zero attached hydrogens (tertiary/aromatic N) is 1. The van der Waals surface area contributed by atoms with Crippen LogP contribution < -0.4 is 0 Å². The molecule has 2 aliphatic rings. The van der Waals surface area contributed by atoms with Crippen molar-refractivity contribution in [1.29, 1.82) is 0 Å². The smallest absolute Gasteiger partial charge is 0.310 e. The van der Waals surface area contributed by atoms with E-state index in [2.05, 4.69) is 4.74 Å². The lowest BCUT2D eigenvalue weighted by molar-refractivity contribution is -0.144. The molecule has 1 aliphatic heterocycles. The zero-order chi connectivity index (χ0) is 12.5. The number of sulfonamides is 1. The maximum absolute atomic E-state index is 12.3. The van der Waals surface area contributed by atoms with Gasteiger partial charge < -0.3 is 4.74 Å². The van der Waals surface area contributed by atoms with Gasteiger partial charge in [0.1, 0.15) is 0 Å². The molecule has 0 amide bonds. The Bertz CT molecular complexity index is 386. The summed E-state index contributed by atoms with van der Waals surface area (Å²) in [6.07, 6.45) is 4.11. The van der Waals surface area contributed by atoms with Crippen molar-refractivity contribution in [3.63, 3.8) is 0 Å².